The Kier molecular flexibility index (Phi) is 5.20. The number of rotatable bonds is 5. The van der Waals surface area contributed by atoms with Gasteiger partial charge in [-0.2, -0.15) is 0 Å². The Hall–Kier alpha value is -1.59. The van der Waals surface area contributed by atoms with Crippen molar-refractivity contribution in [3.63, 3.8) is 0 Å². The maximum atomic E-state index is 11.8. The minimum Gasteiger partial charge on any atom is -0.483 e. The fourth-order valence-corrected chi connectivity index (χ4v) is 2.41. The molecule has 0 radical (unpaired) electrons. The average molecular weight is 293 g/mol. The second-order valence-corrected chi connectivity index (χ2v) is 5.62. The van der Waals surface area contributed by atoms with E-state index in [1.165, 1.54) is 0 Å². The summed E-state index contributed by atoms with van der Waals surface area (Å²) in [5, 5.41) is 13.0. The number of benzene rings is 1. The van der Waals surface area contributed by atoms with E-state index in [2.05, 4.69) is 5.32 Å². The highest BCUT2D eigenvalue weighted by molar-refractivity contribution is 5.77. The molecule has 0 saturated carbocycles. The lowest BCUT2D eigenvalue weighted by Gasteiger charge is -2.32. The van der Waals surface area contributed by atoms with Crippen LogP contribution in [0.2, 0.25) is 0 Å². The van der Waals surface area contributed by atoms with Crippen LogP contribution in [-0.4, -0.2) is 43.0 Å². The summed E-state index contributed by atoms with van der Waals surface area (Å²) in [6.45, 7) is 5.16. The first kappa shape index (κ1) is 15.8. The standard InChI is InChI=1S/C16H23NO4/c1-12-4-3-5-13(2)15(12)21-10-14(18)17-11-16(19)6-8-20-9-7-16/h3-5,19H,6-11H2,1-2H3,(H,17,18). The highest BCUT2D eigenvalue weighted by Gasteiger charge is 2.30. The van der Waals surface area contributed by atoms with Gasteiger partial charge in [-0.3, -0.25) is 4.79 Å². The zero-order valence-corrected chi connectivity index (χ0v) is 12.6. The highest BCUT2D eigenvalue weighted by Crippen LogP contribution is 2.22. The van der Waals surface area contributed by atoms with E-state index in [-0.39, 0.29) is 19.1 Å². The molecule has 1 aliphatic rings. The van der Waals surface area contributed by atoms with Crippen LogP contribution in [0, 0.1) is 13.8 Å². The average Bonchev–Trinajstić information content (AvgIpc) is 2.45. The second-order valence-electron chi connectivity index (χ2n) is 5.62. The van der Waals surface area contributed by atoms with Crippen molar-refractivity contribution < 1.29 is 19.4 Å². The minimum absolute atomic E-state index is 0.0434. The van der Waals surface area contributed by atoms with Crippen molar-refractivity contribution in [1.82, 2.24) is 5.32 Å². The van der Waals surface area contributed by atoms with E-state index >= 15 is 0 Å². The van der Waals surface area contributed by atoms with Crippen LogP contribution in [0.5, 0.6) is 5.75 Å². The maximum Gasteiger partial charge on any atom is 0.258 e. The van der Waals surface area contributed by atoms with Crippen molar-refractivity contribution in [3.8, 4) is 5.75 Å². The molecule has 0 atom stereocenters. The third-order valence-electron chi connectivity index (χ3n) is 3.79. The number of aliphatic hydroxyl groups is 1. The van der Waals surface area contributed by atoms with Crippen molar-refractivity contribution in [3.05, 3.63) is 29.3 Å². The molecule has 2 N–H and O–H groups in total. The van der Waals surface area contributed by atoms with Gasteiger partial charge in [0.2, 0.25) is 0 Å². The van der Waals surface area contributed by atoms with E-state index in [0.717, 1.165) is 16.9 Å². The third-order valence-corrected chi connectivity index (χ3v) is 3.79. The molecule has 21 heavy (non-hydrogen) atoms. The Labute approximate surface area is 125 Å². The number of nitrogens with one attached hydrogen (secondary N) is 1. The monoisotopic (exact) mass is 293 g/mol. The summed E-state index contributed by atoms with van der Waals surface area (Å²) in [5.74, 6) is 0.523. The van der Waals surface area contributed by atoms with E-state index in [1.54, 1.807) is 0 Å². The zero-order valence-electron chi connectivity index (χ0n) is 12.6. The molecule has 0 aromatic heterocycles. The molecule has 1 aromatic rings. The number of carbonyl (C=O) groups is 1. The first-order valence-electron chi connectivity index (χ1n) is 7.26. The van der Waals surface area contributed by atoms with Gasteiger partial charge in [-0.15, -0.1) is 0 Å². The van der Waals surface area contributed by atoms with Gasteiger partial charge in [0.1, 0.15) is 5.75 Å². The van der Waals surface area contributed by atoms with Gasteiger partial charge in [0.15, 0.2) is 6.61 Å². The summed E-state index contributed by atoms with van der Waals surface area (Å²) >= 11 is 0. The first-order chi connectivity index (χ1) is 10.0. The van der Waals surface area contributed by atoms with Crippen molar-refractivity contribution >= 4 is 5.91 Å². The molecular formula is C16H23NO4. The Morgan fingerprint density at radius 2 is 1.95 bits per heavy atom. The molecule has 1 aromatic carbocycles. The summed E-state index contributed by atoms with van der Waals surface area (Å²) in [5.41, 5.74) is 1.16. The fourth-order valence-electron chi connectivity index (χ4n) is 2.41. The maximum absolute atomic E-state index is 11.8. The predicted octanol–water partition coefficient (Wildman–Crippen LogP) is 1.34. The second kappa shape index (κ2) is 6.91. The van der Waals surface area contributed by atoms with Gasteiger partial charge in [-0.1, -0.05) is 18.2 Å². The van der Waals surface area contributed by atoms with E-state index in [9.17, 15) is 9.90 Å². The molecule has 5 nitrogen and oxygen atoms in total. The molecule has 1 amide bonds. The molecule has 0 aliphatic carbocycles. The van der Waals surface area contributed by atoms with Crippen LogP contribution in [0.3, 0.4) is 0 Å². The van der Waals surface area contributed by atoms with Gasteiger partial charge in [0, 0.05) is 32.6 Å². The number of amides is 1. The van der Waals surface area contributed by atoms with E-state index < -0.39 is 5.60 Å². The van der Waals surface area contributed by atoms with Crippen LogP contribution < -0.4 is 10.1 Å². The smallest absolute Gasteiger partial charge is 0.258 e. The number of ether oxygens (including phenoxy) is 2. The van der Waals surface area contributed by atoms with Gasteiger partial charge in [0.05, 0.1) is 5.60 Å². The van der Waals surface area contributed by atoms with Crippen LogP contribution in [0.15, 0.2) is 18.2 Å². The molecule has 0 bridgehead atoms. The molecule has 2 rings (SSSR count). The SMILES string of the molecule is Cc1cccc(C)c1OCC(=O)NCC1(O)CCOCC1. The highest BCUT2D eigenvalue weighted by atomic mass is 16.5. The van der Waals surface area contributed by atoms with Gasteiger partial charge in [0.25, 0.3) is 5.91 Å². The first-order valence-corrected chi connectivity index (χ1v) is 7.26. The van der Waals surface area contributed by atoms with Gasteiger partial charge < -0.3 is 19.9 Å². The molecular weight excluding hydrogens is 270 g/mol. The van der Waals surface area contributed by atoms with Crippen LogP contribution in [-0.2, 0) is 9.53 Å². The number of aryl methyl sites for hydroxylation is 2. The largest absolute Gasteiger partial charge is 0.483 e. The van der Waals surface area contributed by atoms with E-state index in [4.69, 9.17) is 9.47 Å². The van der Waals surface area contributed by atoms with Crippen LogP contribution >= 0.6 is 0 Å². The topological polar surface area (TPSA) is 67.8 Å². The van der Waals surface area contributed by atoms with Crippen LogP contribution in [0.4, 0.5) is 0 Å². The van der Waals surface area contributed by atoms with Crippen molar-refractivity contribution in [2.24, 2.45) is 0 Å². The van der Waals surface area contributed by atoms with Crippen molar-refractivity contribution in [2.75, 3.05) is 26.4 Å². The molecule has 0 unspecified atom stereocenters. The minimum atomic E-state index is -0.855. The van der Waals surface area contributed by atoms with E-state index in [0.29, 0.717) is 26.1 Å². The van der Waals surface area contributed by atoms with Gasteiger partial charge >= 0.3 is 0 Å². The lowest BCUT2D eigenvalue weighted by molar-refractivity contribution is -0.125. The zero-order chi connectivity index (χ0) is 15.3. The summed E-state index contributed by atoms with van der Waals surface area (Å²) in [4.78, 5) is 11.8. The summed E-state index contributed by atoms with van der Waals surface area (Å²) in [7, 11) is 0. The lowest BCUT2D eigenvalue weighted by Crippen LogP contribution is -2.47. The Balaban J connectivity index is 1.80. The summed E-state index contributed by atoms with van der Waals surface area (Å²) in [6, 6.07) is 5.86. The van der Waals surface area contributed by atoms with Gasteiger partial charge in [-0.05, 0) is 25.0 Å². The summed E-state index contributed by atoms with van der Waals surface area (Å²) < 4.78 is 10.8. The molecule has 5 heteroatoms. The Bertz CT molecular complexity index is 475. The summed E-state index contributed by atoms with van der Waals surface area (Å²) in [6.07, 6.45) is 1.09. The predicted molar refractivity (Wildman–Crippen MR) is 79.4 cm³/mol. The Morgan fingerprint density at radius 1 is 1.33 bits per heavy atom. The molecule has 1 saturated heterocycles. The third kappa shape index (κ3) is 4.44. The molecule has 1 aliphatic heterocycles. The molecule has 116 valence electrons. The van der Waals surface area contributed by atoms with Crippen LogP contribution in [0.1, 0.15) is 24.0 Å². The fraction of sp³-hybridized carbons (Fsp3) is 0.562. The number of hydrogen-bond acceptors (Lipinski definition) is 4. The van der Waals surface area contributed by atoms with Crippen molar-refractivity contribution in [2.45, 2.75) is 32.3 Å². The quantitative estimate of drug-likeness (QED) is 0.859. The molecule has 1 heterocycles. The van der Waals surface area contributed by atoms with Crippen LogP contribution in [0.25, 0.3) is 0 Å². The normalized spacial score (nSPS) is 17.3. The lowest BCUT2D eigenvalue weighted by atomic mass is 9.94. The molecule has 1 fully saturated rings. The van der Waals surface area contributed by atoms with E-state index in [1.807, 2.05) is 32.0 Å². The number of carbonyl (C=O) groups excluding carboxylic acids is 1. The molecule has 0 spiro atoms. The van der Waals surface area contributed by atoms with Crippen molar-refractivity contribution in [1.29, 1.82) is 0 Å². The number of hydrogen-bond donors (Lipinski definition) is 2. The van der Waals surface area contributed by atoms with Gasteiger partial charge in [-0.25, -0.2) is 0 Å². The number of para-hydroxylation sites is 1. The Morgan fingerprint density at radius 3 is 2.57 bits per heavy atom.